The molecular formula is C17H17Br2NO3. The average Bonchev–Trinajstić information content (AvgIpc) is 2.52. The van der Waals surface area contributed by atoms with Crippen molar-refractivity contribution >= 4 is 37.8 Å². The van der Waals surface area contributed by atoms with Crippen molar-refractivity contribution in [3.63, 3.8) is 0 Å². The summed E-state index contributed by atoms with van der Waals surface area (Å²) in [6, 6.07) is 11.4. The van der Waals surface area contributed by atoms with Crippen molar-refractivity contribution in [2.45, 2.75) is 13.5 Å². The molecule has 0 unspecified atom stereocenters. The van der Waals surface area contributed by atoms with Gasteiger partial charge in [-0.05, 0) is 58.2 Å². The third-order valence-corrected chi connectivity index (χ3v) is 4.24. The standard InChI is InChI=1S/C17H17Br2NO3/c1-11-7-13(18)8-15(19)17(11)23-10-16(21)20-9-12-3-5-14(22-2)6-4-12/h3-8H,9-10H2,1-2H3,(H,20,21). The highest BCUT2D eigenvalue weighted by Crippen LogP contribution is 2.32. The van der Waals surface area contributed by atoms with Crippen molar-refractivity contribution in [1.82, 2.24) is 5.32 Å². The third-order valence-electron chi connectivity index (χ3n) is 3.19. The van der Waals surface area contributed by atoms with E-state index in [1.165, 1.54) is 0 Å². The van der Waals surface area contributed by atoms with Gasteiger partial charge in [-0.1, -0.05) is 28.1 Å². The molecule has 0 fully saturated rings. The molecule has 122 valence electrons. The molecule has 0 heterocycles. The number of halogens is 2. The maximum atomic E-state index is 11.9. The summed E-state index contributed by atoms with van der Waals surface area (Å²) in [6.07, 6.45) is 0. The molecule has 1 amide bonds. The van der Waals surface area contributed by atoms with Crippen LogP contribution in [0.25, 0.3) is 0 Å². The van der Waals surface area contributed by atoms with E-state index < -0.39 is 0 Å². The summed E-state index contributed by atoms with van der Waals surface area (Å²) in [5, 5.41) is 2.83. The number of hydrogen-bond acceptors (Lipinski definition) is 3. The molecule has 23 heavy (non-hydrogen) atoms. The monoisotopic (exact) mass is 441 g/mol. The van der Waals surface area contributed by atoms with Crippen molar-refractivity contribution in [2.75, 3.05) is 13.7 Å². The minimum Gasteiger partial charge on any atom is -0.497 e. The van der Waals surface area contributed by atoms with Crippen LogP contribution >= 0.6 is 31.9 Å². The van der Waals surface area contributed by atoms with Gasteiger partial charge in [0.25, 0.3) is 5.91 Å². The Bertz CT molecular complexity index is 664. The Kier molecular flexibility index (Phi) is 6.47. The second kappa shape index (κ2) is 8.36. The topological polar surface area (TPSA) is 47.6 Å². The smallest absolute Gasteiger partial charge is 0.258 e. The molecule has 0 saturated heterocycles. The number of benzene rings is 2. The molecule has 0 aliphatic carbocycles. The van der Waals surface area contributed by atoms with E-state index in [1.54, 1.807) is 7.11 Å². The first kappa shape index (κ1) is 17.8. The SMILES string of the molecule is COc1ccc(CNC(=O)COc2c(C)cc(Br)cc2Br)cc1. The number of amides is 1. The zero-order chi connectivity index (χ0) is 16.8. The summed E-state index contributed by atoms with van der Waals surface area (Å²) < 4.78 is 12.5. The molecule has 0 spiro atoms. The number of nitrogens with one attached hydrogen (secondary N) is 1. The molecule has 2 aromatic carbocycles. The van der Waals surface area contributed by atoms with Crippen molar-refractivity contribution in [2.24, 2.45) is 0 Å². The Morgan fingerprint density at radius 3 is 2.48 bits per heavy atom. The van der Waals surface area contributed by atoms with Gasteiger partial charge < -0.3 is 14.8 Å². The first-order valence-electron chi connectivity index (χ1n) is 6.97. The van der Waals surface area contributed by atoms with E-state index in [-0.39, 0.29) is 12.5 Å². The molecule has 0 bridgehead atoms. The normalized spacial score (nSPS) is 10.3. The molecule has 0 radical (unpaired) electrons. The molecular weight excluding hydrogens is 426 g/mol. The van der Waals surface area contributed by atoms with Crippen LogP contribution in [-0.4, -0.2) is 19.6 Å². The molecule has 0 aliphatic rings. The van der Waals surface area contributed by atoms with Gasteiger partial charge in [-0.15, -0.1) is 0 Å². The lowest BCUT2D eigenvalue weighted by Crippen LogP contribution is -2.28. The summed E-state index contributed by atoms with van der Waals surface area (Å²) in [5.41, 5.74) is 1.95. The highest BCUT2D eigenvalue weighted by atomic mass is 79.9. The summed E-state index contributed by atoms with van der Waals surface area (Å²) in [5.74, 6) is 1.29. The number of carbonyl (C=O) groups excluding carboxylic acids is 1. The molecule has 0 aliphatic heterocycles. The third kappa shape index (κ3) is 5.25. The van der Waals surface area contributed by atoms with E-state index in [2.05, 4.69) is 37.2 Å². The van der Waals surface area contributed by atoms with Gasteiger partial charge in [0.05, 0.1) is 11.6 Å². The fourth-order valence-corrected chi connectivity index (χ4v) is 3.56. The maximum absolute atomic E-state index is 11.9. The van der Waals surface area contributed by atoms with E-state index in [1.807, 2.05) is 43.3 Å². The predicted octanol–water partition coefficient (Wildman–Crippen LogP) is 4.22. The maximum Gasteiger partial charge on any atom is 0.258 e. The number of aryl methyl sites for hydroxylation is 1. The Labute approximate surface area is 152 Å². The van der Waals surface area contributed by atoms with Crippen LogP contribution in [0, 0.1) is 6.92 Å². The van der Waals surface area contributed by atoms with Crippen LogP contribution in [0.2, 0.25) is 0 Å². The largest absolute Gasteiger partial charge is 0.497 e. The van der Waals surface area contributed by atoms with Crippen molar-refractivity contribution in [1.29, 1.82) is 0 Å². The van der Waals surface area contributed by atoms with E-state index in [4.69, 9.17) is 9.47 Å². The highest BCUT2D eigenvalue weighted by molar-refractivity contribution is 9.11. The molecule has 0 saturated carbocycles. The molecule has 0 aromatic heterocycles. The van der Waals surface area contributed by atoms with Crippen LogP contribution in [-0.2, 0) is 11.3 Å². The van der Waals surface area contributed by atoms with Crippen molar-refractivity contribution in [3.8, 4) is 11.5 Å². The zero-order valence-corrected chi connectivity index (χ0v) is 16.0. The Morgan fingerprint density at radius 1 is 1.17 bits per heavy atom. The van der Waals surface area contributed by atoms with Crippen LogP contribution in [0.15, 0.2) is 45.3 Å². The molecule has 2 aromatic rings. The lowest BCUT2D eigenvalue weighted by molar-refractivity contribution is -0.123. The van der Waals surface area contributed by atoms with E-state index in [9.17, 15) is 4.79 Å². The number of rotatable bonds is 6. The van der Waals surface area contributed by atoms with Crippen molar-refractivity contribution < 1.29 is 14.3 Å². The minimum absolute atomic E-state index is 0.0305. The first-order chi connectivity index (χ1) is 11.0. The predicted molar refractivity (Wildman–Crippen MR) is 96.9 cm³/mol. The van der Waals surface area contributed by atoms with Crippen LogP contribution < -0.4 is 14.8 Å². The van der Waals surface area contributed by atoms with Gasteiger partial charge in [-0.3, -0.25) is 4.79 Å². The Hall–Kier alpha value is -1.53. The minimum atomic E-state index is -0.171. The van der Waals surface area contributed by atoms with Gasteiger partial charge in [0.15, 0.2) is 6.61 Å². The quantitative estimate of drug-likeness (QED) is 0.728. The van der Waals surface area contributed by atoms with Gasteiger partial charge in [-0.25, -0.2) is 0 Å². The van der Waals surface area contributed by atoms with Crippen LogP contribution in [0.5, 0.6) is 11.5 Å². The fourth-order valence-electron chi connectivity index (χ4n) is 2.00. The number of ether oxygens (including phenoxy) is 2. The Morgan fingerprint density at radius 2 is 1.87 bits per heavy atom. The molecule has 2 rings (SSSR count). The number of carbonyl (C=O) groups is 1. The second-order valence-corrected chi connectivity index (χ2v) is 6.72. The summed E-state index contributed by atoms with van der Waals surface area (Å²) in [7, 11) is 1.62. The summed E-state index contributed by atoms with van der Waals surface area (Å²) in [4.78, 5) is 11.9. The number of hydrogen-bond donors (Lipinski definition) is 1. The van der Waals surface area contributed by atoms with E-state index in [0.717, 1.165) is 25.8 Å². The van der Waals surface area contributed by atoms with Gasteiger partial charge >= 0.3 is 0 Å². The van der Waals surface area contributed by atoms with Gasteiger partial charge in [0, 0.05) is 11.0 Å². The first-order valence-corrected chi connectivity index (χ1v) is 8.56. The summed E-state index contributed by atoms with van der Waals surface area (Å²) in [6.45, 7) is 2.35. The van der Waals surface area contributed by atoms with Gasteiger partial charge in [-0.2, -0.15) is 0 Å². The molecule has 4 nitrogen and oxygen atoms in total. The summed E-state index contributed by atoms with van der Waals surface area (Å²) >= 11 is 6.85. The van der Waals surface area contributed by atoms with Gasteiger partial charge in [0.1, 0.15) is 11.5 Å². The Balaban J connectivity index is 1.85. The molecule has 1 N–H and O–H groups in total. The molecule has 0 atom stereocenters. The zero-order valence-electron chi connectivity index (χ0n) is 12.9. The van der Waals surface area contributed by atoms with Crippen LogP contribution in [0.1, 0.15) is 11.1 Å². The van der Waals surface area contributed by atoms with Crippen molar-refractivity contribution in [3.05, 3.63) is 56.5 Å². The number of methoxy groups -OCH3 is 1. The lowest BCUT2D eigenvalue weighted by atomic mass is 10.2. The highest BCUT2D eigenvalue weighted by Gasteiger charge is 2.09. The molecule has 6 heteroatoms. The van der Waals surface area contributed by atoms with Crippen LogP contribution in [0.3, 0.4) is 0 Å². The van der Waals surface area contributed by atoms with E-state index in [0.29, 0.717) is 12.3 Å². The average molecular weight is 443 g/mol. The second-order valence-electron chi connectivity index (χ2n) is 4.95. The van der Waals surface area contributed by atoms with E-state index >= 15 is 0 Å². The van der Waals surface area contributed by atoms with Gasteiger partial charge in [0.2, 0.25) is 0 Å². The van der Waals surface area contributed by atoms with Crippen LogP contribution in [0.4, 0.5) is 0 Å². The lowest BCUT2D eigenvalue weighted by Gasteiger charge is -2.12. The fraction of sp³-hybridized carbons (Fsp3) is 0.235.